The molecule has 7 nitrogen and oxygen atoms in total. The molecule has 136 valence electrons. The molecule has 0 amide bonds. The van der Waals surface area contributed by atoms with Crippen LogP contribution in [0.1, 0.15) is 35.8 Å². The second-order valence-electron chi connectivity index (χ2n) is 7.08. The Labute approximate surface area is 152 Å². The van der Waals surface area contributed by atoms with Crippen molar-refractivity contribution in [2.24, 2.45) is 5.92 Å². The van der Waals surface area contributed by atoms with E-state index < -0.39 is 0 Å². The summed E-state index contributed by atoms with van der Waals surface area (Å²) in [4.78, 5) is 18.9. The number of rotatable bonds is 5. The molecule has 1 N–H and O–H groups in total. The van der Waals surface area contributed by atoms with Gasteiger partial charge < -0.3 is 9.51 Å². The van der Waals surface area contributed by atoms with Crippen LogP contribution < -0.4 is 0 Å². The molecule has 1 saturated heterocycles. The van der Waals surface area contributed by atoms with Crippen LogP contribution in [0, 0.1) is 19.8 Å². The highest BCUT2D eigenvalue weighted by Crippen LogP contribution is 2.26. The predicted octanol–water partition coefficient (Wildman–Crippen LogP) is 2.93. The molecule has 0 spiro atoms. The number of H-pyrrole nitrogens is 1. The molecule has 3 aromatic rings. The third-order valence-corrected chi connectivity index (χ3v) is 5.04. The van der Waals surface area contributed by atoms with Gasteiger partial charge in [0.05, 0.1) is 23.5 Å². The number of hydrogen-bond donors (Lipinski definition) is 1. The standard InChI is InChI=1S/C19H24N6O/c1-13-19(14(2)26-24-13)17-9-16(22-12-23-17)8-15-4-3-7-25(10-15)11-18-20-5-6-21-18/h5-6,9,12,15H,3-4,7-8,10-11H2,1-2H3,(H,20,21). The normalized spacial score (nSPS) is 18.3. The molecule has 26 heavy (non-hydrogen) atoms. The summed E-state index contributed by atoms with van der Waals surface area (Å²) in [7, 11) is 0. The molecule has 1 fully saturated rings. The van der Waals surface area contributed by atoms with Gasteiger partial charge in [0.1, 0.15) is 17.9 Å². The number of hydrogen-bond acceptors (Lipinski definition) is 6. The molecule has 1 unspecified atom stereocenters. The fourth-order valence-corrected chi connectivity index (χ4v) is 3.85. The summed E-state index contributed by atoms with van der Waals surface area (Å²) >= 11 is 0. The number of nitrogens with zero attached hydrogens (tertiary/aromatic N) is 5. The van der Waals surface area contributed by atoms with Gasteiger partial charge in [0.2, 0.25) is 0 Å². The second-order valence-corrected chi connectivity index (χ2v) is 7.08. The van der Waals surface area contributed by atoms with E-state index in [1.54, 1.807) is 6.33 Å². The van der Waals surface area contributed by atoms with E-state index >= 15 is 0 Å². The van der Waals surface area contributed by atoms with E-state index in [0.717, 1.165) is 60.3 Å². The van der Waals surface area contributed by atoms with Gasteiger partial charge in [-0.15, -0.1) is 0 Å². The van der Waals surface area contributed by atoms with E-state index in [0.29, 0.717) is 5.92 Å². The Balaban J connectivity index is 1.44. The van der Waals surface area contributed by atoms with Gasteiger partial charge in [0, 0.05) is 24.6 Å². The van der Waals surface area contributed by atoms with E-state index in [-0.39, 0.29) is 0 Å². The van der Waals surface area contributed by atoms with E-state index in [2.05, 4.69) is 36.1 Å². The van der Waals surface area contributed by atoms with E-state index in [9.17, 15) is 0 Å². The average molecular weight is 352 g/mol. The van der Waals surface area contributed by atoms with Crippen LogP contribution in [-0.4, -0.2) is 43.1 Å². The first-order valence-corrected chi connectivity index (χ1v) is 9.14. The molecule has 0 aliphatic carbocycles. The zero-order chi connectivity index (χ0) is 17.9. The molecule has 0 radical (unpaired) electrons. The molecule has 0 saturated carbocycles. The first-order valence-electron chi connectivity index (χ1n) is 9.14. The largest absolute Gasteiger partial charge is 0.361 e. The van der Waals surface area contributed by atoms with Crippen molar-refractivity contribution in [3.05, 3.63) is 47.8 Å². The molecule has 4 rings (SSSR count). The summed E-state index contributed by atoms with van der Waals surface area (Å²) in [6.07, 6.45) is 8.77. The molecule has 1 atom stereocenters. The number of nitrogens with one attached hydrogen (secondary N) is 1. The number of imidazole rings is 1. The minimum absolute atomic E-state index is 0.603. The Morgan fingerprint density at radius 1 is 1.27 bits per heavy atom. The van der Waals surface area contributed by atoms with Crippen molar-refractivity contribution in [2.45, 2.75) is 39.7 Å². The summed E-state index contributed by atoms with van der Waals surface area (Å²) in [6, 6.07) is 2.08. The number of likely N-dealkylation sites (tertiary alicyclic amines) is 1. The van der Waals surface area contributed by atoms with Crippen molar-refractivity contribution in [1.82, 2.24) is 30.0 Å². The maximum absolute atomic E-state index is 5.28. The minimum atomic E-state index is 0.603. The summed E-state index contributed by atoms with van der Waals surface area (Å²) < 4.78 is 5.28. The molecule has 4 heterocycles. The zero-order valence-electron chi connectivity index (χ0n) is 15.3. The third-order valence-electron chi connectivity index (χ3n) is 5.04. The van der Waals surface area contributed by atoms with Crippen LogP contribution >= 0.6 is 0 Å². The fourth-order valence-electron chi connectivity index (χ4n) is 3.85. The fraction of sp³-hybridized carbons (Fsp3) is 0.474. The minimum Gasteiger partial charge on any atom is -0.361 e. The summed E-state index contributed by atoms with van der Waals surface area (Å²) in [6.45, 7) is 6.96. The molecule has 3 aromatic heterocycles. The van der Waals surface area contributed by atoms with Gasteiger partial charge in [-0.1, -0.05) is 5.16 Å². The maximum atomic E-state index is 5.28. The Kier molecular flexibility index (Phi) is 4.79. The lowest BCUT2D eigenvalue weighted by atomic mass is 9.93. The highest BCUT2D eigenvalue weighted by molar-refractivity contribution is 5.63. The lowest BCUT2D eigenvalue weighted by Gasteiger charge is -2.32. The first-order chi connectivity index (χ1) is 12.7. The van der Waals surface area contributed by atoms with Crippen molar-refractivity contribution in [2.75, 3.05) is 13.1 Å². The van der Waals surface area contributed by atoms with Gasteiger partial charge in [0.25, 0.3) is 0 Å². The quantitative estimate of drug-likeness (QED) is 0.760. The highest BCUT2D eigenvalue weighted by Gasteiger charge is 2.22. The molecule has 1 aliphatic rings. The zero-order valence-corrected chi connectivity index (χ0v) is 15.3. The van der Waals surface area contributed by atoms with Crippen LogP contribution in [0.3, 0.4) is 0 Å². The van der Waals surface area contributed by atoms with Crippen LogP contribution in [0.4, 0.5) is 0 Å². The number of piperidine rings is 1. The van der Waals surface area contributed by atoms with E-state index in [1.807, 2.05) is 26.2 Å². The molecular formula is C19H24N6O. The molecule has 0 aromatic carbocycles. The lowest BCUT2D eigenvalue weighted by Crippen LogP contribution is -2.36. The van der Waals surface area contributed by atoms with E-state index in [1.165, 1.54) is 12.8 Å². The number of aryl methyl sites for hydroxylation is 2. The SMILES string of the molecule is Cc1noc(C)c1-c1cc(CC2CCCN(Cc3ncc[nH]3)C2)ncn1. The van der Waals surface area contributed by atoms with Gasteiger partial charge in [-0.25, -0.2) is 15.0 Å². The maximum Gasteiger partial charge on any atom is 0.143 e. The third kappa shape index (κ3) is 3.67. The van der Waals surface area contributed by atoms with Gasteiger partial charge in [-0.05, 0) is 51.6 Å². The Morgan fingerprint density at radius 3 is 2.96 bits per heavy atom. The van der Waals surface area contributed by atoms with Crippen LogP contribution in [0.2, 0.25) is 0 Å². The van der Waals surface area contributed by atoms with Gasteiger partial charge >= 0.3 is 0 Å². The van der Waals surface area contributed by atoms with Crippen molar-refractivity contribution in [3.8, 4) is 11.3 Å². The van der Waals surface area contributed by atoms with Crippen molar-refractivity contribution < 1.29 is 4.52 Å². The molecule has 0 bridgehead atoms. The first kappa shape index (κ1) is 16.9. The monoisotopic (exact) mass is 352 g/mol. The molecule has 7 heteroatoms. The Hall–Kier alpha value is -2.54. The van der Waals surface area contributed by atoms with Gasteiger partial charge in [-0.3, -0.25) is 4.90 Å². The van der Waals surface area contributed by atoms with Crippen LogP contribution in [0.5, 0.6) is 0 Å². The topological polar surface area (TPSA) is 83.7 Å². The number of aromatic nitrogens is 5. The molecule has 1 aliphatic heterocycles. The Bertz CT molecular complexity index is 837. The van der Waals surface area contributed by atoms with Gasteiger partial charge in [0.15, 0.2) is 0 Å². The van der Waals surface area contributed by atoms with Crippen molar-refractivity contribution >= 4 is 0 Å². The van der Waals surface area contributed by atoms with Crippen molar-refractivity contribution in [3.63, 3.8) is 0 Å². The van der Waals surface area contributed by atoms with Crippen molar-refractivity contribution in [1.29, 1.82) is 0 Å². The summed E-state index contributed by atoms with van der Waals surface area (Å²) in [5.74, 6) is 2.44. The molecular weight excluding hydrogens is 328 g/mol. The van der Waals surface area contributed by atoms with E-state index in [4.69, 9.17) is 4.52 Å². The van der Waals surface area contributed by atoms with Crippen LogP contribution in [0.15, 0.2) is 29.3 Å². The van der Waals surface area contributed by atoms with Crippen LogP contribution in [0.25, 0.3) is 11.3 Å². The average Bonchev–Trinajstić information content (AvgIpc) is 3.25. The lowest BCUT2D eigenvalue weighted by molar-refractivity contribution is 0.163. The van der Waals surface area contributed by atoms with Gasteiger partial charge in [-0.2, -0.15) is 0 Å². The summed E-state index contributed by atoms with van der Waals surface area (Å²) in [5.41, 5.74) is 3.83. The van der Waals surface area contributed by atoms with Crippen LogP contribution in [-0.2, 0) is 13.0 Å². The Morgan fingerprint density at radius 2 is 2.19 bits per heavy atom. The second kappa shape index (κ2) is 7.37. The summed E-state index contributed by atoms with van der Waals surface area (Å²) in [5, 5.41) is 4.03. The predicted molar refractivity (Wildman–Crippen MR) is 97.3 cm³/mol. The smallest absolute Gasteiger partial charge is 0.143 e. The highest BCUT2D eigenvalue weighted by atomic mass is 16.5. The number of aromatic amines is 1.